The molecule has 2 aromatic rings. The van der Waals surface area contributed by atoms with Gasteiger partial charge in [-0.25, -0.2) is 0 Å². The summed E-state index contributed by atoms with van der Waals surface area (Å²) in [5.41, 5.74) is 3.99. The molecular formula is C18H19NO. The van der Waals surface area contributed by atoms with Crippen LogP contribution in [0.4, 0.5) is 5.69 Å². The fourth-order valence-corrected chi connectivity index (χ4v) is 1.95. The van der Waals surface area contributed by atoms with Crippen LogP contribution < -0.4 is 4.90 Å². The number of hydrogen-bond donors (Lipinski definition) is 0. The molecular weight excluding hydrogens is 246 g/mol. The molecule has 0 spiro atoms. The van der Waals surface area contributed by atoms with Crippen LogP contribution in [0.1, 0.15) is 21.5 Å². The molecule has 0 N–H and O–H groups in total. The van der Waals surface area contributed by atoms with Gasteiger partial charge in [0.25, 0.3) is 0 Å². The predicted molar refractivity (Wildman–Crippen MR) is 85.3 cm³/mol. The van der Waals surface area contributed by atoms with Gasteiger partial charge >= 0.3 is 0 Å². The molecule has 0 aromatic heterocycles. The van der Waals surface area contributed by atoms with Crippen LogP contribution in [0.2, 0.25) is 0 Å². The summed E-state index contributed by atoms with van der Waals surface area (Å²) in [6, 6.07) is 15.7. The Morgan fingerprint density at radius 2 is 1.75 bits per heavy atom. The maximum Gasteiger partial charge on any atom is 0.185 e. The van der Waals surface area contributed by atoms with Crippen LogP contribution in [0.15, 0.2) is 54.6 Å². The molecule has 0 saturated carbocycles. The first kappa shape index (κ1) is 14.1. The summed E-state index contributed by atoms with van der Waals surface area (Å²) in [5, 5.41) is 0. The van der Waals surface area contributed by atoms with Gasteiger partial charge in [-0.3, -0.25) is 4.79 Å². The summed E-state index contributed by atoms with van der Waals surface area (Å²) >= 11 is 0. The van der Waals surface area contributed by atoms with Crippen LogP contribution in [-0.2, 0) is 0 Å². The Morgan fingerprint density at radius 3 is 2.35 bits per heavy atom. The summed E-state index contributed by atoms with van der Waals surface area (Å²) in [5.74, 6) is 0.0328. The average Bonchev–Trinajstić information content (AvgIpc) is 2.45. The van der Waals surface area contributed by atoms with E-state index in [1.165, 1.54) is 0 Å². The summed E-state index contributed by atoms with van der Waals surface area (Å²) in [7, 11) is 4.01. The molecule has 102 valence electrons. The Morgan fingerprint density at radius 1 is 1.05 bits per heavy atom. The Hall–Kier alpha value is -2.35. The molecule has 0 heterocycles. The second-order valence-corrected chi connectivity index (χ2v) is 5.05. The quantitative estimate of drug-likeness (QED) is 0.616. The number of benzene rings is 2. The van der Waals surface area contributed by atoms with E-state index >= 15 is 0 Å². The highest BCUT2D eigenvalue weighted by atomic mass is 16.1. The zero-order valence-corrected chi connectivity index (χ0v) is 12.1. The lowest BCUT2D eigenvalue weighted by Crippen LogP contribution is -2.07. The van der Waals surface area contributed by atoms with Crippen LogP contribution in [0.5, 0.6) is 0 Å². The van der Waals surface area contributed by atoms with Crippen molar-refractivity contribution in [3.05, 3.63) is 71.3 Å². The molecule has 0 aliphatic rings. The topological polar surface area (TPSA) is 20.3 Å². The van der Waals surface area contributed by atoms with Gasteiger partial charge in [0.05, 0.1) is 0 Å². The molecule has 2 aromatic carbocycles. The van der Waals surface area contributed by atoms with E-state index in [9.17, 15) is 4.79 Å². The van der Waals surface area contributed by atoms with Gasteiger partial charge in [-0.2, -0.15) is 0 Å². The minimum atomic E-state index is 0.0328. The molecule has 0 radical (unpaired) electrons. The lowest BCUT2D eigenvalue weighted by Gasteiger charge is -2.11. The van der Waals surface area contributed by atoms with Crippen molar-refractivity contribution >= 4 is 17.5 Å². The average molecular weight is 265 g/mol. The normalized spacial score (nSPS) is 10.8. The van der Waals surface area contributed by atoms with Crippen molar-refractivity contribution in [3.63, 3.8) is 0 Å². The molecule has 0 unspecified atom stereocenters. The fourth-order valence-electron chi connectivity index (χ4n) is 1.95. The standard InChI is InChI=1S/C18H19NO/c1-14-5-4-6-16(13-14)18(20)12-9-15-7-10-17(11-8-15)19(2)3/h4-13H,1-3H3. The Labute approximate surface area is 120 Å². The van der Waals surface area contributed by atoms with E-state index in [0.717, 1.165) is 22.4 Å². The van der Waals surface area contributed by atoms with E-state index in [1.54, 1.807) is 6.08 Å². The highest BCUT2D eigenvalue weighted by molar-refractivity contribution is 6.06. The molecule has 0 atom stereocenters. The van der Waals surface area contributed by atoms with Crippen molar-refractivity contribution in [2.45, 2.75) is 6.92 Å². The smallest absolute Gasteiger partial charge is 0.185 e. The largest absolute Gasteiger partial charge is 0.378 e. The van der Waals surface area contributed by atoms with E-state index in [2.05, 4.69) is 0 Å². The molecule has 0 aliphatic carbocycles. The van der Waals surface area contributed by atoms with Gasteiger partial charge in [-0.1, -0.05) is 42.0 Å². The first-order valence-corrected chi connectivity index (χ1v) is 6.63. The van der Waals surface area contributed by atoms with E-state index in [-0.39, 0.29) is 5.78 Å². The molecule has 0 aliphatic heterocycles. The summed E-state index contributed by atoms with van der Waals surface area (Å²) in [6.07, 6.45) is 3.48. The van der Waals surface area contributed by atoms with Gasteiger partial charge in [0.15, 0.2) is 5.78 Å². The highest BCUT2D eigenvalue weighted by Gasteiger charge is 2.01. The van der Waals surface area contributed by atoms with E-state index in [0.29, 0.717) is 0 Å². The van der Waals surface area contributed by atoms with Crippen molar-refractivity contribution in [2.75, 3.05) is 19.0 Å². The van der Waals surface area contributed by atoms with Gasteiger partial charge in [0, 0.05) is 25.3 Å². The highest BCUT2D eigenvalue weighted by Crippen LogP contribution is 2.14. The van der Waals surface area contributed by atoms with Crippen LogP contribution >= 0.6 is 0 Å². The number of anilines is 1. The Bertz CT molecular complexity index is 624. The van der Waals surface area contributed by atoms with E-state index in [4.69, 9.17) is 0 Å². The van der Waals surface area contributed by atoms with Crippen LogP contribution in [0, 0.1) is 6.92 Å². The van der Waals surface area contributed by atoms with Gasteiger partial charge in [-0.15, -0.1) is 0 Å². The van der Waals surface area contributed by atoms with Crippen molar-refractivity contribution in [3.8, 4) is 0 Å². The van der Waals surface area contributed by atoms with Gasteiger partial charge in [-0.05, 0) is 36.8 Å². The molecule has 0 fully saturated rings. The third-order valence-corrected chi connectivity index (χ3v) is 3.14. The van der Waals surface area contributed by atoms with Gasteiger partial charge < -0.3 is 4.90 Å². The molecule has 2 nitrogen and oxygen atoms in total. The second-order valence-electron chi connectivity index (χ2n) is 5.05. The van der Waals surface area contributed by atoms with Crippen molar-refractivity contribution in [2.24, 2.45) is 0 Å². The zero-order valence-electron chi connectivity index (χ0n) is 12.1. The number of ketones is 1. The minimum Gasteiger partial charge on any atom is -0.378 e. The van der Waals surface area contributed by atoms with E-state index in [1.807, 2.05) is 80.5 Å². The Kier molecular flexibility index (Phi) is 4.36. The maximum atomic E-state index is 12.1. The number of aryl methyl sites for hydroxylation is 1. The third kappa shape index (κ3) is 3.58. The molecule has 0 saturated heterocycles. The minimum absolute atomic E-state index is 0.0328. The number of nitrogens with zero attached hydrogens (tertiary/aromatic N) is 1. The first-order chi connectivity index (χ1) is 9.56. The van der Waals surface area contributed by atoms with Crippen molar-refractivity contribution in [1.29, 1.82) is 0 Å². The maximum absolute atomic E-state index is 12.1. The van der Waals surface area contributed by atoms with Crippen LogP contribution in [-0.4, -0.2) is 19.9 Å². The lowest BCUT2D eigenvalue weighted by molar-refractivity contribution is 0.104. The Balaban J connectivity index is 2.11. The molecule has 0 amide bonds. The molecule has 2 heteroatoms. The van der Waals surface area contributed by atoms with E-state index < -0.39 is 0 Å². The number of carbonyl (C=O) groups is 1. The SMILES string of the molecule is Cc1cccc(C(=O)C=Cc2ccc(N(C)C)cc2)c1. The molecule has 20 heavy (non-hydrogen) atoms. The van der Waals surface area contributed by atoms with Crippen molar-refractivity contribution < 1.29 is 4.79 Å². The number of carbonyl (C=O) groups excluding carboxylic acids is 1. The lowest BCUT2D eigenvalue weighted by atomic mass is 10.1. The first-order valence-electron chi connectivity index (χ1n) is 6.63. The van der Waals surface area contributed by atoms with Crippen molar-refractivity contribution in [1.82, 2.24) is 0 Å². The van der Waals surface area contributed by atoms with Gasteiger partial charge in [0.1, 0.15) is 0 Å². The van der Waals surface area contributed by atoms with Crippen LogP contribution in [0.3, 0.4) is 0 Å². The van der Waals surface area contributed by atoms with Crippen LogP contribution in [0.25, 0.3) is 6.08 Å². The fraction of sp³-hybridized carbons (Fsp3) is 0.167. The monoisotopic (exact) mass is 265 g/mol. The summed E-state index contributed by atoms with van der Waals surface area (Å²) in [4.78, 5) is 14.1. The predicted octanol–water partition coefficient (Wildman–Crippen LogP) is 3.96. The second kappa shape index (κ2) is 6.20. The summed E-state index contributed by atoms with van der Waals surface area (Å²) < 4.78 is 0. The number of rotatable bonds is 4. The third-order valence-electron chi connectivity index (χ3n) is 3.14. The number of hydrogen-bond acceptors (Lipinski definition) is 2. The molecule has 0 bridgehead atoms. The zero-order chi connectivity index (χ0) is 14.5. The summed E-state index contributed by atoms with van der Waals surface area (Å²) in [6.45, 7) is 1.99. The van der Waals surface area contributed by atoms with Gasteiger partial charge in [0.2, 0.25) is 0 Å². The molecule has 2 rings (SSSR count). The number of allylic oxidation sites excluding steroid dienone is 1.